The maximum Gasteiger partial charge on any atom is 0.131 e. The lowest BCUT2D eigenvalue weighted by atomic mass is 9.74. The molecule has 6 aromatic carbocycles. The fourth-order valence-corrected chi connectivity index (χ4v) is 8.07. The Labute approximate surface area is 285 Å². The van der Waals surface area contributed by atoms with Gasteiger partial charge in [-0.1, -0.05) is 140 Å². The molecule has 3 aliphatic rings. The van der Waals surface area contributed by atoms with Crippen molar-refractivity contribution in [3.05, 3.63) is 181 Å². The van der Waals surface area contributed by atoms with Gasteiger partial charge < -0.3 is 9.88 Å². The molecule has 49 heavy (non-hydrogen) atoms. The number of para-hydroxylation sites is 2. The summed E-state index contributed by atoms with van der Waals surface area (Å²) in [7, 11) is 0. The van der Waals surface area contributed by atoms with E-state index in [1.54, 1.807) is 0 Å². The largest absolute Gasteiger partial charge is 0.350 e. The molecule has 0 radical (unpaired) electrons. The van der Waals surface area contributed by atoms with Crippen LogP contribution in [0.1, 0.15) is 29.3 Å². The van der Waals surface area contributed by atoms with Gasteiger partial charge in [0, 0.05) is 27.9 Å². The van der Waals surface area contributed by atoms with Crippen molar-refractivity contribution >= 4 is 33.2 Å². The van der Waals surface area contributed by atoms with Crippen molar-refractivity contribution in [2.24, 2.45) is 10.9 Å². The first-order valence-corrected chi connectivity index (χ1v) is 17.1. The molecule has 2 heterocycles. The first-order chi connectivity index (χ1) is 24.3. The second-order valence-electron chi connectivity index (χ2n) is 13.2. The summed E-state index contributed by atoms with van der Waals surface area (Å²) in [6, 6.07) is 52.3. The van der Waals surface area contributed by atoms with Crippen LogP contribution in [0.2, 0.25) is 0 Å². The Morgan fingerprint density at radius 2 is 1.31 bits per heavy atom. The first kappa shape index (κ1) is 28.1. The highest BCUT2D eigenvalue weighted by molar-refractivity contribution is 6.11. The van der Waals surface area contributed by atoms with E-state index in [0.717, 1.165) is 17.8 Å². The predicted octanol–water partition coefficient (Wildman–Crippen LogP) is 10.1. The number of nitrogens with zero attached hydrogens (tertiary/aromatic N) is 2. The van der Waals surface area contributed by atoms with Crippen LogP contribution in [0.3, 0.4) is 0 Å². The molecule has 3 atom stereocenters. The van der Waals surface area contributed by atoms with E-state index in [1.165, 1.54) is 66.4 Å². The van der Waals surface area contributed by atoms with Gasteiger partial charge in [-0.2, -0.15) is 0 Å². The molecule has 0 saturated heterocycles. The van der Waals surface area contributed by atoms with E-state index in [2.05, 4.69) is 179 Å². The Bertz CT molecular complexity index is 2430. The Kier molecular flexibility index (Phi) is 6.49. The fourth-order valence-electron chi connectivity index (χ4n) is 8.07. The summed E-state index contributed by atoms with van der Waals surface area (Å²) in [6.45, 7) is 0. The van der Waals surface area contributed by atoms with Gasteiger partial charge >= 0.3 is 0 Å². The Morgan fingerprint density at radius 3 is 2.08 bits per heavy atom. The normalized spacial score (nSPS) is 19.4. The lowest BCUT2D eigenvalue weighted by Gasteiger charge is -2.36. The van der Waals surface area contributed by atoms with E-state index in [1.807, 2.05) is 0 Å². The topological polar surface area (TPSA) is 41.4 Å². The van der Waals surface area contributed by atoms with Gasteiger partial charge in [-0.3, -0.25) is 5.32 Å². The third-order valence-electron chi connectivity index (χ3n) is 10.4. The molecule has 2 aliphatic carbocycles. The second-order valence-corrected chi connectivity index (χ2v) is 13.2. The number of allylic oxidation sites excluding steroid dienone is 3. The number of aliphatic imine (C=N–C) groups is 1. The zero-order valence-electron chi connectivity index (χ0n) is 26.9. The van der Waals surface area contributed by atoms with Crippen molar-refractivity contribution in [3.8, 4) is 27.9 Å². The minimum absolute atomic E-state index is 0.0324. The molecule has 7 aromatic rings. The molecule has 10 rings (SSSR count). The third-order valence-corrected chi connectivity index (χ3v) is 10.4. The van der Waals surface area contributed by atoms with E-state index in [4.69, 9.17) is 4.99 Å². The third kappa shape index (κ3) is 4.60. The van der Waals surface area contributed by atoms with Crippen molar-refractivity contribution < 1.29 is 0 Å². The molecule has 0 saturated carbocycles. The lowest BCUT2D eigenvalue weighted by Crippen LogP contribution is -2.50. The Balaban J connectivity index is 0.979. The maximum atomic E-state index is 5.26. The summed E-state index contributed by atoms with van der Waals surface area (Å²) in [5.41, 5.74) is 14.0. The van der Waals surface area contributed by atoms with Crippen LogP contribution in [0, 0.1) is 5.92 Å². The first-order valence-electron chi connectivity index (χ1n) is 17.1. The predicted molar refractivity (Wildman–Crippen MR) is 203 cm³/mol. The highest BCUT2D eigenvalue weighted by Gasteiger charge is 2.32. The maximum absolute atomic E-state index is 5.26. The average Bonchev–Trinajstić information content (AvgIpc) is 3.51. The molecule has 2 N–H and O–H groups in total. The number of hydrogen-bond acceptors (Lipinski definition) is 3. The van der Waals surface area contributed by atoms with Gasteiger partial charge in [0.15, 0.2) is 0 Å². The molecule has 0 bridgehead atoms. The quantitative estimate of drug-likeness (QED) is 0.199. The van der Waals surface area contributed by atoms with Crippen molar-refractivity contribution in [2.75, 3.05) is 0 Å². The summed E-state index contributed by atoms with van der Waals surface area (Å²) in [5, 5.41) is 10.1. The fraction of sp³-hybridized carbons (Fsp3) is 0.0889. The lowest BCUT2D eigenvalue weighted by molar-refractivity contribution is 0.341. The van der Waals surface area contributed by atoms with Crippen LogP contribution in [0.5, 0.6) is 0 Å². The van der Waals surface area contributed by atoms with Crippen LogP contribution in [-0.4, -0.2) is 16.6 Å². The van der Waals surface area contributed by atoms with Gasteiger partial charge in [0.1, 0.15) is 18.2 Å². The molecule has 1 aliphatic heterocycles. The molecular formula is C45H34N4. The zero-order chi connectivity index (χ0) is 32.3. The monoisotopic (exact) mass is 630 g/mol. The van der Waals surface area contributed by atoms with Gasteiger partial charge in [-0.15, -0.1) is 0 Å². The zero-order valence-corrected chi connectivity index (χ0v) is 26.9. The smallest absolute Gasteiger partial charge is 0.131 e. The number of nitrogens with one attached hydrogen (secondary N) is 2. The van der Waals surface area contributed by atoms with Crippen molar-refractivity contribution in [2.45, 2.75) is 18.8 Å². The van der Waals surface area contributed by atoms with E-state index in [9.17, 15) is 0 Å². The van der Waals surface area contributed by atoms with E-state index in [0.29, 0.717) is 0 Å². The number of rotatable bonds is 5. The van der Waals surface area contributed by atoms with Crippen LogP contribution >= 0.6 is 0 Å². The molecule has 234 valence electrons. The van der Waals surface area contributed by atoms with Crippen molar-refractivity contribution in [3.63, 3.8) is 0 Å². The number of amidine groups is 1. The highest BCUT2D eigenvalue weighted by atomic mass is 15.3. The van der Waals surface area contributed by atoms with Gasteiger partial charge in [0.2, 0.25) is 0 Å². The summed E-state index contributed by atoms with van der Waals surface area (Å²) in [4.78, 5) is 5.26. The Morgan fingerprint density at radius 1 is 0.612 bits per heavy atom. The molecule has 4 heteroatoms. The number of benzene rings is 6. The summed E-state index contributed by atoms with van der Waals surface area (Å²) >= 11 is 0. The minimum atomic E-state index is -0.0720. The molecule has 0 spiro atoms. The number of hydrogen-bond donors (Lipinski definition) is 2. The molecular weight excluding hydrogens is 597 g/mol. The summed E-state index contributed by atoms with van der Waals surface area (Å²) < 4.78 is 2.41. The molecule has 3 unspecified atom stereocenters. The van der Waals surface area contributed by atoms with E-state index >= 15 is 0 Å². The van der Waals surface area contributed by atoms with Gasteiger partial charge in [-0.05, 0) is 69.6 Å². The second kappa shape index (κ2) is 11.3. The molecule has 0 amide bonds. The summed E-state index contributed by atoms with van der Waals surface area (Å²) in [5.74, 6) is 1.14. The van der Waals surface area contributed by atoms with Crippen LogP contribution in [0.15, 0.2) is 169 Å². The number of aromatic nitrogens is 1. The average molecular weight is 631 g/mol. The number of fused-ring (bicyclic) bond motifs is 7. The van der Waals surface area contributed by atoms with Gasteiger partial charge in [-0.25, -0.2) is 4.99 Å². The van der Waals surface area contributed by atoms with Crippen LogP contribution < -0.4 is 10.6 Å². The standard InChI is InChI=1S/C45H34N4/c1-3-13-29(14-4-1)43-46-44(30-15-5-2-6-16-30)48-45(47-43)32-18-11-17-31(27-32)34-21-12-22-37-39-28-33(25-26-38(39)42(34)37)49-40-23-9-7-19-35(40)36-20-8-10-24-41(36)49/h1-26,28,32,43,45,47H,27H2,(H,46,48). The molecule has 1 aromatic heterocycles. The minimum Gasteiger partial charge on any atom is -0.350 e. The van der Waals surface area contributed by atoms with E-state index in [-0.39, 0.29) is 18.2 Å². The SMILES string of the molecule is C1=CC(C2N=C(c3ccccc3)NC(c3ccccc3)N2)CC(c2cccc3c2-c2ccc(-n4c5ccccc5c5ccccc54)cc2-3)=C1. The van der Waals surface area contributed by atoms with Crippen molar-refractivity contribution in [1.29, 1.82) is 0 Å². The van der Waals surface area contributed by atoms with Crippen LogP contribution in [0.4, 0.5) is 0 Å². The highest BCUT2D eigenvalue weighted by Crippen LogP contribution is 2.52. The molecule has 0 fully saturated rings. The molecule has 4 nitrogen and oxygen atoms in total. The van der Waals surface area contributed by atoms with Crippen LogP contribution in [-0.2, 0) is 0 Å². The van der Waals surface area contributed by atoms with Crippen molar-refractivity contribution in [1.82, 2.24) is 15.2 Å². The van der Waals surface area contributed by atoms with Gasteiger partial charge in [0.05, 0.1) is 11.0 Å². The van der Waals surface area contributed by atoms with Crippen LogP contribution in [0.25, 0.3) is 55.3 Å². The van der Waals surface area contributed by atoms with Gasteiger partial charge in [0.25, 0.3) is 0 Å². The van der Waals surface area contributed by atoms with E-state index < -0.39 is 0 Å². The Hall–Kier alpha value is -5.97. The summed E-state index contributed by atoms with van der Waals surface area (Å²) in [6.07, 6.45) is 7.65.